The van der Waals surface area contributed by atoms with Crippen LogP contribution >= 0.6 is 22.0 Å². The molecule has 0 radical (unpaired) electrons. The lowest BCUT2D eigenvalue weighted by atomic mass is 10.2. The van der Waals surface area contributed by atoms with Gasteiger partial charge in [-0.1, -0.05) is 107 Å². The second-order valence-corrected chi connectivity index (χ2v) is 10.5. The van der Waals surface area contributed by atoms with E-state index in [0.29, 0.717) is 0 Å². The zero-order valence-electron chi connectivity index (χ0n) is 12.5. The number of benzene rings is 3. The summed E-state index contributed by atoms with van der Waals surface area (Å²) < 4.78 is 1.08. The minimum absolute atomic E-state index is 1.08. The van der Waals surface area contributed by atoms with Crippen LogP contribution in [0, 0.1) is 0 Å². The van der Waals surface area contributed by atoms with Gasteiger partial charge in [-0.3, -0.25) is 0 Å². The van der Waals surface area contributed by atoms with E-state index in [1.807, 2.05) is 24.3 Å². The van der Waals surface area contributed by atoms with E-state index < -0.39 is 6.04 Å². The number of rotatable bonds is 4. The summed E-state index contributed by atoms with van der Waals surface area (Å²) in [5.41, 5.74) is 1.16. The zero-order valence-corrected chi connectivity index (χ0v) is 15.8. The van der Waals surface area contributed by atoms with Crippen molar-refractivity contribution in [2.24, 2.45) is 0 Å². The number of halogens is 1. The maximum Gasteiger partial charge on any atom is 0.0310 e. The summed E-state index contributed by atoms with van der Waals surface area (Å²) in [6.45, 7) is 0. The summed E-state index contributed by atoms with van der Waals surface area (Å²) >= 11 is 9.65. The van der Waals surface area contributed by atoms with Crippen LogP contribution in [0.5, 0.6) is 0 Å². The molecule has 0 heterocycles. The van der Waals surface area contributed by atoms with Crippen LogP contribution in [0.4, 0.5) is 0 Å². The van der Waals surface area contributed by atoms with Crippen molar-refractivity contribution in [3.05, 3.63) is 101 Å². The van der Waals surface area contributed by atoms with Crippen molar-refractivity contribution in [1.82, 2.24) is 0 Å². The molecule has 0 spiro atoms. The number of hydrogen-bond donors (Lipinski definition) is 0. The molecule has 114 valence electrons. The monoisotopic (exact) mass is 398 g/mol. The fourth-order valence-electron chi connectivity index (χ4n) is 2.39. The van der Waals surface area contributed by atoms with E-state index in [9.17, 15) is 0 Å². The highest BCUT2D eigenvalue weighted by Crippen LogP contribution is 2.45. The highest BCUT2D eigenvalue weighted by atomic mass is 79.9. The third-order valence-corrected chi connectivity index (χ3v) is 8.48. The van der Waals surface area contributed by atoms with Gasteiger partial charge in [-0.25, -0.2) is 0 Å². The molecule has 3 aromatic rings. The van der Waals surface area contributed by atoms with Crippen LogP contribution in [0.2, 0.25) is 0 Å². The van der Waals surface area contributed by atoms with Crippen LogP contribution < -0.4 is 10.6 Å². The Morgan fingerprint density at radius 3 is 1.65 bits per heavy atom. The molecule has 0 aliphatic carbocycles. The van der Waals surface area contributed by atoms with Gasteiger partial charge >= 0.3 is 0 Å². The average Bonchev–Trinajstić information content (AvgIpc) is 2.62. The van der Waals surface area contributed by atoms with Gasteiger partial charge in [-0.2, -0.15) is 0 Å². The van der Waals surface area contributed by atoms with Crippen LogP contribution in [-0.2, 0) is 11.8 Å². The smallest absolute Gasteiger partial charge is 0.0310 e. The van der Waals surface area contributed by atoms with Gasteiger partial charge in [-0.05, 0) is 34.1 Å². The van der Waals surface area contributed by atoms with Gasteiger partial charge in [-0.15, -0.1) is 0 Å². The van der Waals surface area contributed by atoms with E-state index in [0.717, 1.165) is 10.0 Å². The summed E-state index contributed by atoms with van der Waals surface area (Å²) in [7, 11) is 0. The molecule has 0 saturated heterocycles. The summed E-state index contributed by atoms with van der Waals surface area (Å²) in [5, 5.41) is 2.43. The van der Waals surface area contributed by atoms with E-state index in [4.69, 9.17) is 11.8 Å². The molecule has 0 aliphatic heterocycles. The van der Waals surface area contributed by atoms with Crippen molar-refractivity contribution < 1.29 is 0 Å². The third kappa shape index (κ3) is 3.90. The van der Waals surface area contributed by atoms with Crippen molar-refractivity contribution in [3.63, 3.8) is 0 Å². The van der Waals surface area contributed by atoms with Crippen molar-refractivity contribution >= 4 is 50.5 Å². The first-order valence-corrected chi connectivity index (χ1v) is 11.0. The summed E-state index contributed by atoms with van der Waals surface area (Å²) in [4.78, 5) is 0. The Kier molecular flexibility index (Phi) is 5.27. The van der Waals surface area contributed by atoms with Gasteiger partial charge in [0.2, 0.25) is 0 Å². The lowest BCUT2D eigenvalue weighted by molar-refractivity contribution is 1.62. The molecular weight excluding hydrogens is 383 g/mol. The normalized spacial score (nSPS) is 11.7. The van der Waals surface area contributed by atoms with Gasteiger partial charge < -0.3 is 0 Å². The molecule has 0 aliphatic rings. The van der Waals surface area contributed by atoms with Crippen molar-refractivity contribution in [1.29, 1.82) is 0 Å². The molecule has 23 heavy (non-hydrogen) atoms. The summed E-state index contributed by atoms with van der Waals surface area (Å²) in [5.74, 6) is 2.22. The molecule has 0 bridgehead atoms. The fourth-order valence-corrected chi connectivity index (χ4v) is 5.82. The second kappa shape index (κ2) is 7.40. The van der Waals surface area contributed by atoms with Crippen LogP contribution in [0.3, 0.4) is 0 Å². The van der Waals surface area contributed by atoms with Gasteiger partial charge in [0.05, 0.1) is 0 Å². The van der Waals surface area contributed by atoms with E-state index in [1.165, 1.54) is 10.6 Å². The minimum Gasteiger partial charge on any atom is -0.0832 e. The molecule has 0 N–H and O–H groups in total. The predicted octanol–water partition coefficient (Wildman–Crippen LogP) is 5.55. The Morgan fingerprint density at radius 2 is 1.17 bits per heavy atom. The topological polar surface area (TPSA) is 0 Å². The fraction of sp³-hybridized carbons (Fsp3) is 0. The lowest BCUT2D eigenvalue weighted by Crippen LogP contribution is -2.13. The quantitative estimate of drug-likeness (QED) is 0.519. The SMILES string of the molecule is S=P(/C=C/c1ccc(Br)cc1)(c1ccccc1)c1ccccc1. The molecule has 0 fully saturated rings. The van der Waals surface area contributed by atoms with E-state index in [-0.39, 0.29) is 0 Å². The van der Waals surface area contributed by atoms with Gasteiger partial charge in [0, 0.05) is 10.5 Å². The van der Waals surface area contributed by atoms with Crippen LogP contribution in [-0.4, -0.2) is 0 Å². The minimum atomic E-state index is -1.96. The van der Waals surface area contributed by atoms with E-state index in [2.05, 4.69) is 88.5 Å². The zero-order chi connectivity index (χ0) is 16.1. The maximum atomic E-state index is 6.17. The van der Waals surface area contributed by atoms with Crippen molar-refractivity contribution in [2.45, 2.75) is 0 Å². The Bertz CT molecular complexity index is 796. The summed E-state index contributed by atoms with van der Waals surface area (Å²) in [6, 6.07) is 27.2. The molecule has 3 heteroatoms. The lowest BCUT2D eigenvalue weighted by Gasteiger charge is -2.19. The standard InChI is InChI=1S/C20H16BrPS/c21-18-13-11-17(12-14-18)15-16-22(23,19-7-3-1-4-8-19)20-9-5-2-6-10-20/h1-16H/b16-15+. The molecular formula is C20H16BrPS. The van der Waals surface area contributed by atoms with Crippen molar-refractivity contribution in [3.8, 4) is 0 Å². The average molecular weight is 399 g/mol. The molecule has 0 unspecified atom stereocenters. The molecule has 3 rings (SSSR count). The van der Waals surface area contributed by atoms with Crippen molar-refractivity contribution in [2.75, 3.05) is 0 Å². The van der Waals surface area contributed by atoms with Gasteiger partial charge in [0.25, 0.3) is 0 Å². The Labute approximate surface area is 151 Å². The molecule has 0 amide bonds. The van der Waals surface area contributed by atoms with Gasteiger partial charge in [0.15, 0.2) is 0 Å². The maximum absolute atomic E-state index is 6.17. The molecule has 0 aromatic heterocycles. The van der Waals surface area contributed by atoms with Crippen LogP contribution in [0.15, 0.2) is 95.2 Å². The molecule has 0 atom stereocenters. The van der Waals surface area contributed by atoms with Gasteiger partial charge in [0.1, 0.15) is 0 Å². The Hall–Kier alpha value is -1.47. The third-order valence-electron chi connectivity index (χ3n) is 3.63. The Balaban J connectivity index is 2.06. The first-order valence-electron chi connectivity index (χ1n) is 7.34. The molecule has 0 saturated carbocycles. The van der Waals surface area contributed by atoms with Crippen LogP contribution in [0.25, 0.3) is 6.08 Å². The molecule has 0 nitrogen and oxygen atoms in total. The highest BCUT2D eigenvalue weighted by molar-refractivity contribution is 9.10. The number of hydrogen-bond acceptors (Lipinski definition) is 1. The summed E-state index contributed by atoms with van der Waals surface area (Å²) in [6.07, 6.45) is 2.15. The predicted molar refractivity (Wildman–Crippen MR) is 110 cm³/mol. The van der Waals surface area contributed by atoms with Crippen LogP contribution in [0.1, 0.15) is 5.56 Å². The first-order chi connectivity index (χ1) is 11.2. The van der Waals surface area contributed by atoms with E-state index in [1.54, 1.807) is 0 Å². The second-order valence-electron chi connectivity index (χ2n) is 5.20. The molecule has 3 aromatic carbocycles. The largest absolute Gasteiger partial charge is 0.0832 e. The Morgan fingerprint density at radius 1 is 0.696 bits per heavy atom. The first kappa shape index (κ1) is 16.4. The highest BCUT2D eigenvalue weighted by Gasteiger charge is 2.18. The van der Waals surface area contributed by atoms with E-state index >= 15 is 0 Å².